The van der Waals surface area contributed by atoms with Crippen molar-refractivity contribution in [1.29, 1.82) is 0 Å². The minimum atomic E-state index is -0.279. The van der Waals surface area contributed by atoms with Crippen LogP contribution in [0.4, 0.5) is 0 Å². The van der Waals surface area contributed by atoms with Crippen LogP contribution in [-0.2, 0) is 0 Å². The van der Waals surface area contributed by atoms with Gasteiger partial charge in [-0.05, 0) is 31.9 Å². The maximum absolute atomic E-state index is 11.7. The smallest absolute Gasteiger partial charge is 0.180 e. The molecule has 1 aromatic rings. The van der Waals surface area contributed by atoms with E-state index in [9.17, 15) is 4.79 Å². The van der Waals surface area contributed by atoms with E-state index in [4.69, 9.17) is 5.73 Å². The minimum Gasteiger partial charge on any atom is -0.323 e. The fourth-order valence-corrected chi connectivity index (χ4v) is 5.17. The van der Waals surface area contributed by atoms with Gasteiger partial charge in [-0.15, -0.1) is 11.3 Å². The van der Waals surface area contributed by atoms with Gasteiger partial charge in [-0.1, -0.05) is 15.9 Å². The van der Waals surface area contributed by atoms with Gasteiger partial charge in [0, 0.05) is 11.1 Å². The summed E-state index contributed by atoms with van der Waals surface area (Å²) in [6.07, 6.45) is 0. The lowest BCUT2D eigenvalue weighted by molar-refractivity contribution is 0.0997. The fourth-order valence-electron chi connectivity index (χ4n) is 1.36. The summed E-state index contributed by atoms with van der Waals surface area (Å²) in [7, 11) is 0. The number of fused-ring (bicyclic) bond motifs is 1. The van der Waals surface area contributed by atoms with Gasteiger partial charge < -0.3 is 5.73 Å². The molecule has 0 saturated heterocycles. The van der Waals surface area contributed by atoms with Crippen LogP contribution in [0, 0.1) is 0 Å². The summed E-state index contributed by atoms with van der Waals surface area (Å²) in [5, 5.41) is 0. The van der Waals surface area contributed by atoms with Crippen molar-refractivity contribution in [2.45, 2.75) is 10.9 Å². The van der Waals surface area contributed by atoms with Gasteiger partial charge >= 0.3 is 0 Å². The van der Waals surface area contributed by atoms with Crippen LogP contribution in [0.3, 0.4) is 0 Å². The lowest BCUT2D eigenvalue weighted by atomic mass is 10.2. The summed E-state index contributed by atoms with van der Waals surface area (Å²) in [4.78, 5) is 11.4. The van der Waals surface area contributed by atoms with Crippen LogP contribution in [0.25, 0.3) is 0 Å². The summed E-state index contributed by atoms with van der Waals surface area (Å²) in [5.74, 6) is 0.0660. The fraction of sp³-hybridized carbons (Fsp3) is 0.286. The standard InChI is InChI=1S/C7H4Br3NOS/c8-3-4(11)1-2(5(3)12)7(10)13-6(1)9/h3-4H,11H2/t3-,4+/m0/s1. The molecule has 2 atom stereocenters. The molecule has 2 nitrogen and oxygen atoms in total. The van der Waals surface area contributed by atoms with Crippen LogP contribution in [-0.4, -0.2) is 10.6 Å². The van der Waals surface area contributed by atoms with Gasteiger partial charge in [0.2, 0.25) is 0 Å². The van der Waals surface area contributed by atoms with Crippen molar-refractivity contribution in [3.63, 3.8) is 0 Å². The third kappa shape index (κ3) is 1.38. The Bertz CT molecular complexity index is 389. The Hall–Kier alpha value is 0.770. The molecule has 2 rings (SSSR count). The lowest BCUT2D eigenvalue weighted by Crippen LogP contribution is -2.20. The molecule has 0 fully saturated rings. The van der Waals surface area contributed by atoms with Gasteiger partial charge in [-0.2, -0.15) is 0 Å². The average molecular weight is 390 g/mol. The summed E-state index contributed by atoms with van der Waals surface area (Å²) in [6, 6.07) is -0.237. The van der Waals surface area contributed by atoms with Gasteiger partial charge in [-0.25, -0.2) is 0 Å². The zero-order chi connectivity index (χ0) is 9.75. The Morgan fingerprint density at radius 3 is 2.46 bits per heavy atom. The lowest BCUT2D eigenvalue weighted by Gasteiger charge is -2.06. The molecular formula is C7H4Br3NOS. The van der Waals surface area contributed by atoms with Crippen LogP contribution < -0.4 is 5.73 Å². The number of alkyl halides is 1. The molecule has 13 heavy (non-hydrogen) atoms. The van der Waals surface area contributed by atoms with Crippen molar-refractivity contribution in [3.8, 4) is 0 Å². The van der Waals surface area contributed by atoms with E-state index in [1.165, 1.54) is 11.3 Å². The second kappa shape index (κ2) is 3.41. The molecule has 0 aliphatic heterocycles. The number of ketones is 1. The number of hydrogen-bond acceptors (Lipinski definition) is 3. The first-order valence-corrected chi connectivity index (χ1v) is 6.77. The molecular weight excluding hydrogens is 386 g/mol. The number of thiophene rings is 1. The van der Waals surface area contributed by atoms with E-state index in [2.05, 4.69) is 47.8 Å². The van der Waals surface area contributed by atoms with Crippen molar-refractivity contribution in [2.75, 3.05) is 0 Å². The highest BCUT2D eigenvalue weighted by molar-refractivity contribution is 9.12. The topological polar surface area (TPSA) is 43.1 Å². The molecule has 1 heterocycles. The summed E-state index contributed by atoms with van der Waals surface area (Å²) < 4.78 is 1.80. The minimum absolute atomic E-state index is 0.0660. The first-order valence-electron chi connectivity index (χ1n) is 3.45. The Morgan fingerprint density at radius 1 is 1.31 bits per heavy atom. The van der Waals surface area contributed by atoms with Gasteiger partial charge in [0.15, 0.2) is 5.78 Å². The number of nitrogens with two attached hydrogens (primary N) is 1. The molecule has 0 spiro atoms. The quantitative estimate of drug-likeness (QED) is 0.692. The van der Waals surface area contributed by atoms with E-state index in [-0.39, 0.29) is 16.7 Å². The highest BCUT2D eigenvalue weighted by Crippen LogP contribution is 2.47. The van der Waals surface area contributed by atoms with E-state index >= 15 is 0 Å². The Balaban J connectivity index is 2.68. The number of rotatable bonds is 0. The normalized spacial score (nSPS) is 26.6. The summed E-state index contributed by atoms with van der Waals surface area (Å²) in [5.41, 5.74) is 7.53. The molecule has 0 saturated carbocycles. The number of halogens is 3. The monoisotopic (exact) mass is 387 g/mol. The molecule has 0 bridgehead atoms. The molecule has 0 radical (unpaired) electrons. The first kappa shape index (κ1) is 10.3. The SMILES string of the molecule is N[C@@H]1c2c(Br)sc(Br)c2C(=O)[C@H]1Br. The van der Waals surface area contributed by atoms with Gasteiger partial charge in [0.25, 0.3) is 0 Å². The zero-order valence-electron chi connectivity index (χ0n) is 6.18. The molecule has 0 amide bonds. The van der Waals surface area contributed by atoms with Crippen molar-refractivity contribution >= 4 is 64.9 Å². The largest absolute Gasteiger partial charge is 0.323 e. The zero-order valence-corrected chi connectivity index (χ0v) is 11.8. The molecule has 6 heteroatoms. The maximum atomic E-state index is 11.7. The van der Waals surface area contributed by atoms with E-state index in [0.29, 0.717) is 0 Å². The van der Waals surface area contributed by atoms with Crippen molar-refractivity contribution in [1.82, 2.24) is 0 Å². The predicted octanol–water partition coefficient (Wildman–Crippen LogP) is 3.23. The maximum Gasteiger partial charge on any atom is 0.180 e. The van der Waals surface area contributed by atoms with Crippen molar-refractivity contribution in [3.05, 3.63) is 18.7 Å². The summed E-state index contributed by atoms with van der Waals surface area (Å²) >= 11 is 11.5. The van der Waals surface area contributed by atoms with Crippen LogP contribution in [0.2, 0.25) is 0 Å². The molecule has 1 aromatic heterocycles. The molecule has 70 valence electrons. The second-order valence-corrected chi connectivity index (χ2v) is 7.37. The molecule has 0 unspecified atom stereocenters. The first-order chi connectivity index (χ1) is 6.04. The van der Waals surface area contributed by atoms with E-state index < -0.39 is 0 Å². The molecule has 2 N–H and O–H groups in total. The molecule has 1 aliphatic rings. The Morgan fingerprint density at radius 2 is 1.92 bits per heavy atom. The van der Waals surface area contributed by atoms with Gasteiger partial charge in [-0.3, -0.25) is 4.79 Å². The average Bonchev–Trinajstić information content (AvgIpc) is 2.47. The van der Waals surface area contributed by atoms with Gasteiger partial charge in [0.1, 0.15) is 0 Å². The number of carbonyl (C=O) groups is 1. The van der Waals surface area contributed by atoms with Crippen molar-refractivity contribution in [2.24, 2.45) is 5.73 Å². The van der Waals surface area contributed by atoms with Gasteiger partial charge in [0.05, 0.1) is 18.4 Å². The highest BCUT2D eigenvalue weighted by atomic mass is 79.9. The number of hydrogen-bond donors (Lipinski definition) is 1. The van der Waals surface area contributed by atoms with Crippen LogP contribution in [0.15, 0.2) is 7.57 Å². The van der Waals surface area contributed by atoms with Crippen molar-refractivity contribution < 1.29 is 4.79 Å². The third-order valence-electron chi connectivity index (χ3n) is 2.00. The summed E-state index contributed by atoms with van der Waals surface area (Å²) in [6.45, 7) is 0. The highest BCUT2D eigenvalue weighted by Gasteiger charge is 2.40. The number of carbonyl (C=O) groups excluding carboxylic acids is 1. The van der Waals surface area contributed by atoms with Crippen LogP contribution in [0.1, 0.15) is 22.0 Å². The van der Waals surface area contributed by atoms with E-state index in [1.54, 1.807) is 0 Å². The second-order valence-electron chi connectivity index (χ2n) is 2.73. The van der Waals surface area contributed by atoms with Crippen LogP contribution in [0.5, 0.6) is 0 Å². The van der Waals surface area contributed by atoms with E-state index in [1.807, 2.05) is 0 Å². The van der Waals surface area contributed by atoms with Crippen LogP contribution >= 0.6 is 59.1 Å². The molecule has 1 aliphatic carbocycles. The predicted molar refractivity (Wildman–Crippen MR) is 63.7 cm³/mol. The Kier molecular flexibility index (Phi) is 2.70. The van der Waals surface area contributed by atoms with E-state index in [0.717, 1.165) is 18.7 Å². The Labute approximate surface area is 104 Å². The third-order valence-corrected chi connectivity index (χ3v) is 5.57. The molecule has 0 aromatic carbocycles. The number of Topliss-reactive ketones (excluding diaryl/α,β-unsaturated/α-hetero) is 1.